The van der Waals surface area contributed by atoms with Crippen LogP contribution in [0.25, 0.3) is 0 Å². The van der Waals surface area contributed by atoms with Gasteiger partial charge in [0.2, 0.25) is 0 Å². The molecule has 0 saturated carbocycles. The first-order valence-corrected chi connectivity index (χ1v) is 9.97. The van der Waals surface area contributed by atoms with Crippen LogP contribution >= 0.6 is 11.6 Å². The number of benzene rings is 1. The van der Waals surface area contributed by atoms with Crippen LogP contribution in [0, 0.1) is 0 Å². The Bertz CT molecular complexity index is 961. The van der Waals surface area contributed by atoms with Crippen molar-refractivity contribution in [2.75, 3.05) is 13.1 Å². The first-order chi connectivity index (χ1) is 13.7. The Balaban J connectivity index is 1.49. The van der Waals surface area contributed by atoms with Gasteiger partial charge in [0.05, 0.1) is 0 Å². The van der Waals surface area contributed by atoms with Gasteiger partial charge in [0, 0.05) is 59.8 Å². The molecule has 0 radical (unpaired) electrons. The van der Waals surface area contributed by atoms with Crippen molar-refractivity contribution in [3.63, 3.8) is 0 Å². The fourth-order valence-corrected chi connectivity index (χ4v) is 3.94. The van der Waals surface area contributed by atoms with Gasteiger partial charge in [-0.25, -0.2) is 0 Å². The van der Waals surface area contributed by atoms with Gasteiger partial charge in [-0.2, -0.15) is 0 Å². The van der Waals surface area contributed by atoms with Crippen LogP contribution in [0.2, 0.25) is 5.02 Å². The molecule has 3 heterocycles. The maximum atomic E-state index is 12.8. The van der Waals surface area contributed by atoms with Gasteiger partial charge >= 0.3 is 0 Å². The lowest BCUT2D eigenvalue weighted by Gasteiger charge is -2.32. The minimum atomic E-state index is 0.0688. The predicted octanol–water partition coefficient (Wildman–Crippen LogP) is 4.74. The molecule has 0 N–H and O–H groups in total. The average Bonchev–Trinajstić information content (AvgIpc) is 2.76. The Kier molecular flexibility index (Phi) is 5.68. The summed E-state index contributed by atoms with van der Waals surface area (Å²) in [6.07, 6.45) is 6.06. The molecule has 1 fully saturated rings. The Labute approximate surface area is 170 Å². The van der Waals surface area contributed by atoms with E-state index in [4.69, 9.17) is 16.6 Å². The van der Waals surface area contributed by atoms with Gasteiger partial charge in [0.25, 0.3) is 5.91 Å². The summed E-state index contributed by atoms with van der Waals surface area (Å²) in [4.78, 5) is 23.6. The second-order valence-corrected chi connectivity index (χ2v) is 7.56. The largest absolute Gasteiger partial charge is 0.338 e. The number of carbonyl (C=O) groups is 1. The molecule has 0 aliphatic carbocycles. The average molecular weight is 392 g/mol. The second kappa shape index (κ2) is 8.53. The maximum Gasteiger partial charge on any atom is 0.253 e. The Morgan fingerprint density at radius 1 is 1.07 bits per heavy atom. The van der Waals surface area contributed by atoms with E-state index in [0.29, 0.717) is 18.5 Å². The van der Waals surface area contributed by atoms with Crippen molar-refractivity contribution in [1.82, 2.24) is 14.9 Å². The summed E-state index contributed by atoms with van der Waals surface area (Å²) < 4.78 is 0. The van der Waals surface area contributed by atoms with E-state index in [1.165, 1.54) is 0 Å². The van der Waals surface area contributed by atoms with Crippen LogP contribution in [0.4, 0.5) is 0 Å². The van der Waals surface area contributed by atoms with Crippen molar-refractivity contribution >= 4 is 17.5 Å². The smallest absolute Gasteiger partial charge is 0.253 e. The Morgan fingerprint density at radius 2 is 1.89 bits per heavy atom. The number of halogens is 1. The fourth-order valence-electron chi connectivity index (χ4n) is 3.74. The molecule has 0 unspecified atom stereocenters. The van der Waals surface area contributed by atoms with Gasteiger partial charge in [0.15, 0.2) is 0 Å². The van der Waals surface area contributed by atoms with Crippen LogP contribution in [0.3, 0.4) is 0 Å². The molecular weight excluding hydrogens is 370 g/mol. The number of aromatic nitrogens is 2. The van der Waals surface area contributed by atoms with Crippen molar-refractivity contribution in [3.8, 4) is 0 Å². The summed E-state index contributed by atoms with van der Waals surface area (Å²) in [7, 11) is 0. The van der Waals surface area contributed by atoms with Crippen LogP contribution in [0.1, 0.15) is 46.1 Å². The molecule has 1 aliphatic heterocycles. The lowest BCUT2D eigenvalue weighted by molar-refractivity contribution is 0.0705. The molecule has 3 aromatic rings. The molecule has 4 nitrogen and oxygen atoms in total. The van der Waals surface area contributed by atoms with E-state index in [0.717, 1.165) is 41.4 Å². The van der Waals surface area contributed by atoms with Gasteiger partial charge < -0.3 is 4.90 Å². The summed E-state index contributed by atoms with van der Waals surface area (Å²) in [6.45, 7) is 1.49. The molecule has 0 bridgehead atoms. The zero-order valence-corrected chi connectivity index (χ0v) is 16.3. The number of carbonyl (C=O) groups excluding carboxylic acids is 1. The highest BCUT2D eigenvalue weighted by atomic mass is 35.5. The zero-order valence-electron chi connectivity index (χ0n) is 15.6. The number of hydrogen-bond acceptors (Lipinski definition) is 3. The van der Waals surface area contributed by atoms with E-state index in [1.807, 2.05) is 35.2 Å². The van der Waals surface area contributed by atoms with Crippen molar-refractivity contribution in [3.05, 3.63) is 94.5 Å². The summed E-state index contributed by atoms with van der Waals surface area (Å²) >= 11 is 6.30. The lowest BCUT2D eigenvalue weighted by atomic mass is 9.93. The molecule has 5 heteroatoms. The number of pyridine rings is 2. The quantitative estimate of drug-likeness (QED) is 0.645. The third kappa shape index (κ3) is 4.23. The predicted molar refractivity (Wildman–Crippen MR) is 111 cm³/mol. The van der Waals surface area contributed by atoms with E-state index >= 15 is 0 Å². The maximum absolute atomic E-state index is 12.8. The number of rotatable bonds is 4. The lowest BCUT2D eigenvalue weighted by Crippen LogP contribution is -2.39. The van der Waals surface area contributed by atoms with Gasteiger partial charge in [0.1, 0.15) is 0 Å². The van der Waals surface area contributed by atoms with E-state index in [9.17, 15) is 4.79 Å². The monoisotopic (exact) mass is 391 g/mol. The minimum absolute atomic E-state index is 0.0688. The normalized spacial score (nSPS) is 16.8. The van der Waals surface area contributed by atoms with Gasteiger partial charge in [-0.3, -0.25) is 14.8 Å². The molecule has 1 atom stereocenters. The first kappa shape index (κ1) is 18.6. The highest BCUT2D eigenvalue weighted by molar-refractivity contribution is 6.31. The van der Waals surface area contributed by atoms with Crippen molar-refractivity contribution < 1.29 is 4.79 Å². The van der Waals surface area contributed by atoms with E-state index in [-0.39, 0.29) is 11.8 Å². The van der Waals surface area contributed by atoms with Crippen molar-refractivity contribution in [1.29, 1.82) is 0 Å². The summed E-state index contributed by atoms with van der Waals surface area (Å²) in [5.41, 5.74) is 3.82. The highest BCUT2D eigenvalue weighted by Crippen LogP contribution is 2.27. The van der Waals surface area contributed by atoms with Gasteiger partial charge in [-0.05, 0) is 48.7 Å². The fraction of sp³-hybridized carbons (Fsp3) is 0.261. The van der Waals surface area contributed by atoms with Crippen molar-refractivity contribution in [2.45, 2.75) is 25.2 Å². The number of nitrogens with zero attached hydrogens (tertiary/aromatic N) is 3. The van der Waals surface area contributed by atoms with Crippen LogP contribution in [-0.4, -0.2) is 33.9 Å². The van der Waals surface area contributed by atoms with E-state index in [1.54, 1.807) is 24.5 Å². The molecular formula is C23H22ClN3O. The third-order valence-corrected chi connectivity index (χ3v) is 5.58. The van der Waals surface area contributed by atoms with E-state index in [2.05, 4.69) is 17.1 Å². The van der Waals surface area contributed by atoms with E-state index < -0.39 is 0 Å². The summed E-state index contributed by atoms with van der Waals surface area (Å²) in [5, 5.41) is 0.765. The number of amides is 1. The minimum Gasteiger partial charge on any atom is -0.338 e. The Hall–Kier alpha value is -2.72. The van der Waals surface area contributed by atoms with Gasteiger partial charge in [-0.15, -0.1) is 0 Å². The molecule has 1 amide bonds. The zero-order chi connectivity index (χ0) is 19.3. The Morgan fingerprint density at radius 3 is 2.71 bits per heavy atom. The summed E-state index contributed by atoms with van der Waals surface area (Å²) in [6, 6.07) is 17.6. The number of hydrogen-bond donors (Lipinski definition) is 0. The standard InChI is InChI=1S/C23H22ClN3O/c24-21-8-2-1-5-18(21)15-20-7-3-9-22(26-20)19-6-4-14-27(16-19)23(28)17-10-12-25-13-11-17/h1-3,5,7-13,19H,4,6,14-16H2/t19-/m1/s1. The summed E-state index contributed by atoms with van der Waals surface area (Å²) in [5.74, 6) is 0.324. The van der Waals surface area contributed by atoms with Gasteiger partial charge in [-0.1, -0.05) is 35.9 Å². The molecule has 2 aromatic heterocycles. The molecule has 0 spiro atoms. The topological polar surface area (TPSA) is 46.1 Å². The van der Waals surface area contributed by atoms with Crippen molar-refractivity contribution in [2.24, 2.45) is 0 Å². The molecule has 4 rings (SSSR count). The first-order valence-electron chi connectivity index (χ1n) is 9.59. The molecule has 142 valence electrons. The van der Waals surface area contributed by atoms with Crippen LogP contribution in [0.15, 0.2) is 67.0 Å². The molecule has 1 saturated heterocycles. The third-order valence-electron chi connectivity index (χ3n) is 5.21. The molecule has 28 heavy (non-hydrogen) atoms. The second-order valence-electron chi connectivity index (χ2n) is 7.15. The highest BCUT2D eigenvalue weighted by Gasteiger charge is 2.26. The van der Waals surface area contributed by atoms with Crippen LogP contribution in [-0.2, 0) is 6.42 Å². The number of piperidine rings is 1. The van der Waals surface area contributed by atoms with Crippen LogP contribution < -0.4 is 0 Å². The van der Waals surface area contributed by atoms with Crippen LogP contribution in [0.5, 0.6) is 0 Å². The number of likely N-dealkylation sites (tertiary alicyclic amines) is 1. The SMILES string of the molecule is O=C(c1ccncc1)N1CCC[C@@H](c2cccc(Cc3ccccc3Cl)n2)C1. The molecule has 1 aromatic carbocycles. The molecule has 1 aliphatic rings.